The van der Waals surface area contributed by atoms with E-state index >= 15 is 0 Å². The van der Waals surface area contributed by atoms with Crippen LogP contribution >= 0.6 is 0 Å². The van der Waals surface area contributed by atoms with E-state index in [0.717, 1.165) is 31.7 Å². The van der Waals surface area contributed by atoms with Gasteiger partial charge in [-0.15, -0.1) is 0 Å². The number of benzene rings is 1. The van der Waals surface area contributed by atoms with Gasteiger partial charge in [0.25, 0.3) is 0 Å². The van der Waals surface area contributed by atoms with Crippen LogP contribution in [0.25, 0.3) is 0 Å². The number of hydrogen-bond donors (Lipinski definition) is 1. The van der Waals surface area contributed by atoms with Crippen LogP contribution in [-0.2, 0) is 0 Å². The third-order valence-corrected chi connectivity index (χ3v) is 4.56. The first-order valence-corrected chi connectivity index (χ1v) is 7.28. The first-order valence-electron chi connectivity index (χ1n) is 7.28. The fourth-order valence-electron chi connectivity index (χ4n) is 3.40. The second-order valence-corrected chi connectivity index (χ2v) is 6.45. The van der Waals surface area contributed by atoms with E-state index in [9.17, 15) is 0 Å². The van der Waals surface area contributed by atoms with E-state index < -0.39 is 0 Å². The van der Waals surface area contributed by atoms with E-state index in [1.165, 1.54) is 11.1 Å². The van der Waals surface area contributed by atoms with Crippen molar-refractivity contribution < 1.29 is 4.74 Å². The largest absolute Gasteiger partial charge is 0.485 e. The Bertz CT molecular complexity index is 486. The molecule has 1 fully saturated rings. The van der Waals surface area contributed by atoms with Crippen LogP contribution in [0, 0.1) is 6.92 Å². The van der Waals surface area contributed by atoms with E-state index in [-0.39, 0.29) is 11.6 Å². The van der Waals surface area contributed by atoms with Gasteiger partial charge in [0.2, 0.25) is 0 Å². The lowest BCUT2D eigenvalue weighted by Gasteiger charge is -2.39. The third-order valence-electron chi connectivity index (χ3n) is 4.56. The fraction of sp³-hybridized carbons (Fsp3) is 0.625. The predicted molar refractivity (Wildman–Crippen MR) is 77.4 cm³/mol. The van der Waals surface area contributed by atoms with Crippen molar-refractivity contribution in [2.45, 2.75) is 51.3 Å². The van der Waals surface area contributed by atoms with E-state index in [1.54, 1.807) is 0 Å². The van der Waals surface area contributed by atoms with Gasteiger partial charge in [-0.1, -0.05) is 17.7 Å². The van der Waals surface area contributed by atoms with Crippen molar-refractivity contribution >= 4 is 0 Å². The Morgan fingerprint density at radius 1 is 1.42 bits per heavy atom. The Hall–Kier alpha value is -1.06. The number of fused-ring (bicyclic) bond motifs is 1. The van der Waals surface area contributed by atoms with Gasteiger partial charge < -0.3 is 10.5 Å². The lowest BCUT2D eigenvalue weighted by molar-refractivity contribution is 0.0409. The summed E-state index contributed by atoms with van der Waals surface area (Å²) in [6, 6.07) is 7.06. The molecule has 2 aliphatic rings. The quantitative estimate of drug-likeness (QED) is 0.843. The summed E-state index contributed by atoms with van der Waals surface area (Å²) in [5.41, 5.74) is 8.76. The van der Waals surface area contributed by atoms with Crippen LogP contribution in [0.5, 0.6) is 5.75 Å². The van der Waals surface area contributed by atoms with Crippen molar-refractivity contribution in [2.24, 2.45) is 5.73 Å². The number of nitrogens with zero attached hydrogens (tertiary/aromatic N) is 1. The normalized spacial score (nSPS) is 30.7. The highest BCUT2D eigenvalue weighted by Gasteiger charge is 2.45. The number of ether oxygens (including phenoxy) is 1. The monoisotopic (exact) mass is 260 g/mol. The molecule has 104 valence electrons. The minimum Gasteiger partial charge on any atom is -0.485 e. The summed E-state index contributed by atoms with van der Waals surface area (Å²) in [7, 11) is 0. The minimum atomic E-state index is -0.0635. The van der Waals surface area contributed by atoms with Crippen LogP contribution in [0.4, 0.5) is 0 Å². The average molecular weight is 260 g/mol. The molecule has 3 rings (SSSR count). The molecule has 2 atom stereocenters. The molecule has 1 saturated heterocycles. The number of aryl methyl sites for hydroxylation is 1. The molecular weight excluding hydrogens is 236 g/mol. The molecule has 1 aromatic rings. The maximum atomic E-state index is 6.39. The highest BCUT2D eigenvalue weighted by Crippen LogP contribution is 2.43. The highest BCUT2D eigenvalue weighted by molar-refractivity contribution is 5.41. The molecule has 2 aliphatic heterocycles. The van der Waals surface area contributed by atoms with Crippen LogP contribution in [0.3, 0.4) is 0 Å². The Labute approximate surface area is 115 Å². The smallest absolute Gasteiger partial charge is 0.125 e. The molecule has 3 heteroatoms. The molecule has 1 aromatic carbocycles. The predicted octanol–water partition coefficient (Wildman–Crippen LogP) is 2.63. The van der Waals surface area contributed by atoms with Gasteiger partial charge in [0, 0.05) is 43.6 Å². The van der Waals surface area contributed by atoms with E-state index in [1.807, 2.05) is 0 Å². The molecule has 0 amide bonds. The topological polar surface area (TPSA) is 38.5 Å². The number of rotatable bonds is 1. The number of nitrogens with two attached hydrogens (primary N) is 1. The van der Waals surface area contributed by atoms with Gasteiger partial charge in [0.05, 0.1) is 0 Å². The van der Waals surface area contributed by atoms with Gasteiger partial charge in [0.1, 0.15) is 11.4 Å². The average Bonchev–Trinajstić information content (AvgIpc) is 2.74. The SMILES string of the molecule is Cc1ccc2c(c1)C(N)CC1(CCN(C(C)C)C1)O2. The zero-order chi connectivity index (χ0) is 13.6. The maximum absolute atomic E-state index is 6.39. The summed E-state index contributed by atoms with van der Waals surface area (Å²) in [4.78, 5) is 2.49. The summed E-state index contributed by atoms with van der Waals surface area (Å²) in [6.07, 6.45) is 2.03. The highest BCUT2D eigenvalue weighted by atomic mass is 16.5. The van der Waals surface area contributed by atoms with Crippen molar-refractivity contribution in [3.8, 4) is 5.75 Å². The molecule has 0 aromatic heterocycles. The van der Waals surface area contributed by atoms with E-state index in [0.29, 0.717) is 6.04 Å². The summed E-state index contributed by atoms with van der Waals surface area (Å²) in [5, 5.41) is 0. The summed E-state index contributed by atoms with van der Waals surface area (Å²) in [6.45, 7) is 8.73. The van der Waals surface area contributed by atoms with Crippen molar-refractivity contribution in [3.05, 3.63) is 29.3 Å². The summed E-state index contributed by atoms with van der Waals surface area (Å²) >= 11 is 0. The van der Waals surface area contributed by atoms with E-state index in [4.69, 9.17) is 10.5 Å². The zero-order valence-corrected chi connectivity index (χ0v) is 12.1. The summed E-state index contributed by atoms with van der Waals surface area (Å²) in [5.74, 6) is 0.995. The summed E-state index contributed by atoms with van der Waals surface area (Å²) < 4.78 is 6.36. The zero-order valence-electron chi connectivity index (χ0n) is 12.1. The Balaban J connectivity index is 1.87. The number of likely N-dealkylation sites (tertiary alicyclic amines) is 1. The molecule has 2 heterocycles. The van der Waals surface area contributed by atoms with E-state index in [2.05, 4.69) is 43.9 Å². The molecule has 1 spiro atoms. The van der Waals surface area contributed by atoms with Gasteiger partial charge in [0.15, 0.2) is 0 Å². The van der Waals surface area contributed by atoms with Crippen LogP contribution in [0.1, 0.15) is 43.9 Å². The van der Waals surface area contributed by atoms with Crippen molar-refractivity contribution in [3.63, 3.8) is 0 Å². The van der Waals surface area contributed by atoms with Crippen LogP contribution in [-0.4, -0.2) is 29.6 Å². The van der Waals surface area contributed by atoms with Crippen LogP contribution in [0.2, 0.25) is 0 Å². The molecular formula is C16H24N2O. The lowest BCUT2D eigenvalue weighted by atomic mass is 9.86. The number of hydrogen-bond acceptors (Lipinski definition) is 3. The van der Waals surface area contributed by atoms with Gasteiger partial charge in [-0.25, -0.2) is 0 Å². The second-order valence-electron chi connectivity index (χ2n) is 6.45. The van der Waals surface area contributed by atoms with Gasteiger partial charge in [-0.05, 0) is 26.8 Å². The molecule has 0 radical (unpaired) electrons. The standard InChI is InChI=1S/C16H24N2O/c1-11(2)18-7-6-16(10-18)9-14(17)13-8-12(3)4-5-15(13)19-16/h4-5,8,11,14H,6-7,9-10,17H2,1-3H3. The van der Waals surface area contributed by atoms with Gasteiger partial charge >= 0.3 is 0 Å². The lowest BCUT2D eigenvalue weighted by Crippen LogP contribution is -2.46. The maximum Gasteiger partial charge on any atom is 0.125 e. The first-order chi connectivity index (χ1) is 8.99. The molecule has 2 unspecified atom stereocenters. The minimum absolute atomic E-state index is 0.0635. The van der Waals surface area contributed by atoms with Gasteiger partial charge in [-0.2, -0.15) is 0 Å². The van der Waals surface area contributed by atoms with Crippen LogP contribution < -0.4 is 10.5 Å². The fourth-order valence-corrected chi connectivity index (χ4v) is 3.40. The molecule has 19 heavy (non-hydrogen) atoms. The van der Waals surface area contributed by atoms with Crippen molar-refractivity contribution in [1.82, 2.24) is 4.90 Å². The first kappa shape index (κ1) is 12.9. The van der Waals surface area contributed by atoms with Gasteiger partial charge in [-0.3, -0.25) is 4.90 Å². The molecule has 0 aliphatic carbocycles. The molecule has 2 N–H and O–H groups in total. The molecule has 0 bridgehead atoms. The van der Waals surface area contributed by atoms with Crippen molar-refractivity contribution in [1.29, 1.82) is 0 Å². The van der Waals surface area contributed by atoms with Crippen molar-refractivity contribution in [2.75, 3.05) is 13.1 Å². The Kier molecular flexibility index (Phi) is 3.06. The van der Waals surface area contributed by atoms with Crippen LogP contribution in [0.15, 0.2) is 18.2 Å². The second kappa shape index (κ2) is 4.50. The third kappa shape index (κ3) is 2.26. The molecule has 3 nitrogen and oxygen atoms in total. The Morgan fingerprint density at radius 2 is 2.21 bits per heavy atom. The Morgan fingerprint density at radius 3 is 2.89 bits per heavy atom. The molecule has 0 saturated carbocycles.